The van der Waals surface area contributed by atoms with Crippen molar-refractivity contribution in [2.24, 2.45) is 5.14 Å². The van der Waals surface area contributed by atoms with Crippen molar-refractivity contribution in [2.45, 2.75) is 18.4 Å². The van der Waals surface area contributed by atoms with Crippen LogP contribution in [0.25, 0.3) is 22.4 Å². The summed E-state index contributed by atoms with van der Waals surface area (Å²) in [5, 5.41) is 15.9. The maximum Gasteiger partial charge on any atom is 0.240 e. The molecule has 2 heterocycles. The predicted molar refractivity (Wildman–Crippen MR) is 105 cm³/mol. The lowest BCUT2D eigenvalue weighted by Crippen LogP contribution is -2.12. The first-order valence-electron chi connectivity index (χ1n) is 8.42. The molecule has 0 spiro atoms. The van der Waals surface area contributed by atoms with E-state index in [1.165, 1.54) is 6.07 Å². The molecule has 0 saturated carbocycles. The molecule has 10 heteroatoms. The van der Waals surface area contributed by atoms with Crippen LogP contribution < -0.4 is 10.5 Å². The Morgan fingerprint density at radius 1 is 1.04 bits per heavy atom. The minimum Gasteiger partial charge on any atom is -0.350 e. The first-order valence-corrected chi connectivity index (χ1v) is 9.97. The molecule has 28 heavy (non-hydrogen) atoms. The van der Waals surface area contributed by atoms with E-state index in [0.29, 0.717) is 35.2 Å². The molecule has 0 aliphatic carbocycles. The second-order valence-corrected chi connectivity index (χ2v) is 7.69. The fraction of sp³-hybridized carbons (Fsp3) is 0.111. The lowest BCUT2D eigenvalue weighted by atomic mass is 10.2. The molecular formula is C18H17N7O2S. The van der Waals surface area contributed by atoms with Crippen molar-refractivity contribution in [3.05, 3.63) is 59.9 Å². The minimum atomic E-state index is -3.90. The van der Waals surface area contributed by atoms with Gasteiger partial charge < -0.3 is 5.32 Å². The number of nitrogens with one attached hydrogen (secondary N) is 2. The monoisotopic (exact) mass is 395 g/mol. The molecule has 0 bridgehead atoms. The Hall–Kier alpha value is -3.37. The Bertz CT molecular complexity index is 1250. The van der Waals surface area contributed by atoms with E-state index >= 15 is 0 Å². The van der Waals surface area contributed by atoms with Gasteiger partial charge in [-0.15, -0.1) is 0 Å². The molecule has 0 saturated heterocycles. The van der Waals surface area contributed by atoms with Gasteiger partial charge in [-0.2, -0.15) is 15.1 Å². The standard InChI is InChI=1S/C18H17N7O2S/c1-11-21-17(23-18(22-11)20-10-12-6-3-2-4-7-12)16-13-8-5-9-14(28(19,26)27)15(13)24-25-16/h2-9H,10H2,1H3,(H,24,25)(H2,19,26,27)(H,20,21,22,23). The molecule has 2 aromatic carbocycles. The normalized spacial score (nSPS) is 11.6. The van der Waals surface area contributed by atoms with Crippen LogP contribution in [0.4, 0.5) is 5.95 Å². The molecule has 0 atom stereocenters. The molecule has 4 aromatic rings. The van der Waals surface area contributed by atoms with Crippen LogP contribution in [0.15, 0.2) is 53.4 Å². The number of benzene rings is 2. The molecular weight excluding hydrogens is 378 g/mol. The lowest BCUT2D eigenvalue weighted by Gasteiger charge is -2.07. The SMILES string of the molecule is Cc1nc(NCc2ccccc2)nc(-c2[nH]nc3c(S(N)(=O)=O)cccc23)n1. The number of fused-ring (bicyclic) bond motifs is 1. The van der Waals surface area contributed by atoms with Gasteiger partial charge in [0.25, 0.3) is 0 Å². The van der Waals surface area contributed by atoms with Crippen molar-refractivity contribution in [3.63, 3.8) is 0 Å². The van der Waals surface area contributed by atoms with Gasteiger partial charge in [0.2, 0.25) is 16.0 Å². The number of para-hydroxylation sites is 1. The molecule has 2 aromatic heterocycles. The fourth-order valence-electron chi connectivity index (χ4n) is 2.86. The van der Waals surface area contributed by atoms with Crippen LogP contribution >= 0.6 is 0 Å². The number of H-pyrrole nitrogens is 1. The van der Waals surface area contributed by atoms with E-state index in [1.807, 2.05) is 30.3 Å². The zero-order valence-corrected chi connectivity index (χ0v) is 15.7. The average molecular weight is 395 g/mol. The average Bonchev–Trinajstić information content (AvgIpc) is 3.10. The van der Waals surface area contributed by atoms with Gasteiger partial charge in [0, 0.05) is 11.9 Å². The highest BCUT2D eigenvalue weighted by Gasteiger charge is 2.19. The van der Waals surface area contributed by atoms with Crippen molar-refractivity contribution in [1.29, 1.82) is 0 Å². The van der Waals surface area contributed by atoms with Crippen LogP contribution in [0, 0.1) is 6.92 Å². The van der Waals surface area contributed by atoms with Crippen molar-refractivity contribution in [2.75, 3.05) is 5.32 Å². The minimum absolute atomic E-state index is 0.0549. The molecule has 0 aliphatic rings. The number of sulfonamides is 1. The van der Waals surface area contributed by atoms with E-state index in [-0.39, 0.29) is 10.4 Å². The summed E-state index contributed by atoms with van der Waals surface area (Å²) in [5.74, 6) is 1.29. The maximum absolute atomic E-state index is 11.8. The Morgan fingerprint density at radius 3 is 2.57 bits per heavy atom. The second-order valence-electron chi connectivity index (χ2n) is 6.16. The van der Waals surface area contributed by atoms with Crippen molar-refractivity contribution >= 4 is 26.9 Å². The number of hydrogen-bond donors (Lipinski definition) is 3. The number of aryl methyl sites for hydroxylation is 1. The quantitative estimate of drug-likeness (QED) is 0.469. The topological polar surface area (TPSA) is 140 Å². The number of aromatic amines is 1. The summed E-state index contributed by atoms with van der Waals surface area (Å²) in [6.45, 7) is 2.32. The molecule has 0 aliphatic heterocycles. The Balaban J connectivity index is 1.73. The van der Waals surface area contributed by atoms with E-state index in [9.17, 15) is 8.42 Å². The Kier molecular flexibility index (Phi) is 4.49. The van der Waals surface area contributed by atoms with E-state index in [2.05, 4.69) is 30.5 Å². The molecule has 0 radical (unpaired) electrons. The largest absolute Gasteiger partial charge is 0.350 e. The number of aromatic nitrogens is 5. The molecule has 9 nitrogen and oxygen atoms in total. The van der Waals surface area contributed by atoms with E-state index < -0.39 is 10.0 Å². The highest BCUT2D eigenvalue weighted by Crippen LogP contribution is 2.28. The van der Waals surface area contributed by atoms with Crippen molar-refractivity contribution in [1.82, 2.24) is 25.1 Å². The summed E-state index contributed by atoms with van der Waals surface area (Å²) < 4.78 is 23.6. The molecule has 0 unspecified atom stereocenters. The Morgan fingerprint density at radius 2 is 1.82 bits per heavy atom. The zero-order valence-electron chi connectivity index (χ0n) is 14.9. The summed E-state index contributed by atoms with van der Waals surface area (Å²) in [7, 11) is -3.90. The van der Waals surface area contributed by atoms with Gasteiger partial charge in [0.1, 0.15) is 21.9 Å². The maximum atomic E-state index is 11.8. The van der Waals surface area contributed by atoms with Crippen molar-refractivity contribution < 1.29 is 8.42 Å². The number of nitrogens with zero attached hydrogens (tertiary/aromatic N) is 4. The van der Waals surface area contributed by atoms with Crippen LogP contribution in [0.3, 0.4) is 0 Å². The lowest BCUT2D eigenvalue weighted by molar-refractivity contribution is 0.598. The first kappa shape index (κ1) is 18.0. The predicted octanol–water partition coefficient (Wildman–Crippen LogP) is 1.98. The van der Waals surface area contributed by atoms with Gasteiger partial charge in [-0.25, -0.2) is 18.5 Å². The van der Waals surface area contributed by atoms with E-state index in [0.717, 1.165) is 5.56 Å². The third-order valence-corrected chi connectivity index (χ3v) is 5.06. The van der Waals surface area contributed by atoms with Crippen LogP contribution in [0.1, 0.15) is 11.4 Å². The third-order valence-electron chi connectivity index (χ3n) is 4.12. The van der Waals surface area contributed by atoms with E-state index in [4.69, 9.17) is 5.14 Å². The third kappa shape index (κ3) is 3.55. The van der Waals surface area contributed by atoms with Crippen LogP contribution in [-0.2, 0) is 16.6 Å². The molecule has 142 valence electrons. The van der Waals surface area contributed by atoms with Gasteiger partial charge in [-0.3, -0.25) is 5.10 Å². The smallest absolute Gasteiger partial charge is 0.240 e. The number of nitrogens with two attached hydrogens (primary N) is 1. The summed E-state index contributed by atoms with van der Waals surface area (Å²) >= 11 is 0. The van der Waals surface area contributed by atoms with Gasteiger partial charge >= 0.3 is 0 Å². The summed E-state index contributed by atoms with van der Waals surface area (Å²) in [6.07, 6.45) is 0. The van der Waals surface area contributed by atoms with E-state index in [1.54, 1.807) is 19.1 Å². The fourth-order valence-corrected chi connectivity index (χ4v) is 3.55. The second kappa shape index (κ2) is 6.98. The highest BCUT2D eigenvalue weighted by atomic mass is 32.2. The summed E-state index contributed by atoms with van der Waals surface area (Å²) in [6, 6.07) is 14.6. The van der Waals surface area contributed by atoms with Gasteiger partial charge in [0.15, 0.2) is 5.82 Å². The van der Waals surface area contributed by atoms with Crippen molar-refractivity contribution in [3.8, 4) is 11.5 Å². The number of rotatable bonds is 5. The zero-order chi connectivity index (χ0) is 19.7. The van der Waals surface area contributed by atoms with Crippen LogP contribution in [-0.4, -0.2) is 33.6 Å². The van der Waals surface area contributed by atoms with Gasteiger partial charge in [0.05, 0.1) is 0 Å². The molecule has 4 rings (SSSR count). The molecule has 4 N–H and O–H groups in total. The van der Waals surface area contributed by atoms with Gasteiger partial charge in [-0.05, 0) is 18.6 Å². The summed E-state index contributed by atoms with van der Waals surface area (Å²) in [5.41, 5.74) is 1.83. The first-order chi connectivity index (χ1) is 13.4. The molecule has 0 fully saturated rings. The van der Waals surface area contributed by atoms with Crippen LogP contribution in [0.2, 0.25) is 0 Å². The van der Waals surface area contributed by atoms with Crippen LogP contribution in [0.5, 0.6) is 0 Å². The number of primary sulfonamides is 1. The number of anilines is 1. The highest BCUT2D eigenvalue weighted by molar-refractivity contribution is 7.89. The molecule has 0 amide bonds. The summed E-state index contributed by atoms with van der Waals surface area (Å²) in [4.78, 5) is 13.1. The van der Waals surface area contributed by atoms with Gasteiger partial charge in [-0.1, -0.05) is 42.5 Å². The Labute approximate surface area is 161 Å². The number of hydrogen-bond acceptors (Lipinski definition) is 7.